The van der Waals surface area contributed by atoms with E-state index in [1.807, 2.05) is 18.2 Å². The number of thioether (sulfide) groups is 1. The van der Waals surface area contributed by atoms with E-state index in [1.165, 1.54) is 0 Å². The summed E-state index contributed by atoms with van der Waals surface area (Å²) >= 11 is 7.44. The summed E-state index contributed by atoms with van der Waals surface area (Å²) < 4.78 is 5.52. The van der Waals surface area contributed by atoms with Crippen LogP contribution in [0, 0.1) is 0 Å². The van der Waals surface area contributed by atoms with Gasteiger partial charge in [-0.1, -0.05) is 43.3 Å². The quantitative estimate of drug-likeness (QED) is 0.779. The summed E-state index contributed by atoms with van der Waals surface area (Å²) in [5, 5.41) is 9.62. The lowest BCUT2D eigenvalue weighted by atomic mass is 10.2. The van der Waals surface area contributed by atoms with Crippen LogP contribution < -0.4 is 0 Å². The number of aromatic nitrogens is 2. The van der Waals surface area contributed by atoms with Gasteiger partial charge >= 0.3 is 0 Å². The molecule has 1 aromatic carbocycles. The molecule has 0 aliphatic rings. The first-order chi connectivity index (χ1) is 7.65. The zero-order chi connectivity index (χ0) is 11.5. The number of benzene rings is 1. The van der Waals surface area contributed by atoms with Crippen molar-refractivity contribution in [1.82, 2.24) is 10.2 Å². The van der Waals surface area contributed by atoms with E-state index in [1.54, 1.807) is 17.8 Å². The summed E-state index contributed by atoms with van der Waals surface area (Å²) in [4.78, 5) is 0. The lowest BCUT2D eigenvalue weighted by Crippen LogP contribution is -1.84. The molecule has 0 unspecified atom stereocenters. The molecule has 0 bridgehead atoms. The summed E-state index contributed by atoms with van der Waals surface area (Å²) in [7, 11) is 0. The molecule has 2 aromatic rings. The highest BCUT2D eigenvalue weighted by Crippen LogP contribution is 2.26. The molecule has 0 fully saturated rings. The van der Waals surface area contributed by atoms with Crippen LogP contribution in [0.3, 0.4) is 0 Å². The fraction of sp³-hybridized carbons (Fsp3) is 0.273. The van der Waals surface area contributed by atoms with E-state index < -0.39 is 0 Å². The molecule has 0 atom stereocenters. The van der Waals surface area contributed by atoms with Crippen molar-refractivity contribution in [3.8, 4) is 11.5 Å². The summed E-state index contributed by atoms with van der Waals surface area (Å²) in [5.74, 6) is 0.505. The van der Waals surface area contributed by atoms with Crippen molar-refractivity contribution in [1.29, 1.82) is 0 Å². The molecule has 0 radical (unpaired) electrons. The second-order valence-corrected chi connectivity index (χ2v) is 5.51. The van der Waals surface area contributed by atoms with E-state index in [9.17, 15) is 0 Å². The van der Waals surface area contributed by atoms with Crippen molar-refractivity contribution < 1.29 is 4.42 Å². The largest absolute Gasteiger partial charge is 0.411 e. The van der Waals surface area contributed by atoms with Crippen LogP contribution in [-0.2, 0) is 0 Å². The summed E-state index contributed by atoms with van der Waals surface area (Å²) in [5.41, 5.74) is 0.843. The van der Waals surface area contributed by atoms with Gasteiger partial charge in [-0.2, -0.15) is 0 Å². The van der Waals surface area contributed by atoms with Gasteiger partial charge in [0, 0.05) is 15.8 Å². The molecule has 84 valence electrons. The predicted octanol–water partition coefficient (Wildman–Crippen LogP) is 3.89. The minimum Gasteiger partial charge on any atom is -0.411 e. The van der Waals surface area contributed by atoms with Crippen molar-refractivity contribution in [2.75, 3.05) is 0 Å². The molecule has 0 aliphatic heterocycles. The Balaban J connectivity index is 2.24. The number of hydrogen-bond donors (Lipinski definition) is 0. The first-order valence-electron chi connectivity index (χ1n) is 4.91. The van der Waals surface area contributed by atoms with Crippen LogP contribution in [-0.4, -0.2) is 15.4 Å². The van der Waals surface area contributed by atoms with Crippen molar-refractivity contribution in [2.45, 2.75) is 24.3 Å². The average Bonchev–Trinajstić information content (AvgIpc) is 2.65. The molecule has 0 saturated heterocycles. The highest BCUT2D eigenvalue weighted by Gasteiger charge is 2.10. The van der Waals surface area contributed by atoms with Crippen LogP contribution in [0.25, 0.3) is 11.5 Å². The van der Waals surface area contributed by atoms with Gasteiger partial charge in [-0.05, 0) is 18.2 Å². The fourth-order valence-corrected chi connectivity index (χ4v) is 2.01. The highest BCUT2D eigenvalue weighted by molar-refractivity contribution is 7.99. The molecule has 16 heavy (non-hydrogen) atoms. The third kappa shape index (κ3) is 2.77. The van der Waals surface area contributed by atoms with E-state index in [0.717, 1.165) is 5.56 Å². The van der Waals surface area contributed by atoms with E-state index >= 15 is 0 Å². The summed E-state index contributed by atoms with van der Waals surface area (Å²) in [6.07, 6.45) is 0. The maximum absolute atomic E-state index is 5.89. The number of rotatable bonds is 3. The normalized spacial score (nSPS) is 11.0. The first kappa shape index (κ1) is 11.5. The Morgan fingerprint density at radius 2 is 2.12 bits per heavy atom. The van der Waals surface area contributed by atoms with Crippen LogP contribution >= 0.6 is 23.4 Å². The summed E-state index contributed by atoms with van der Waals surface area (Å²) in [6, 6.07) is 7.37. The molecule has 0 amide bonds. The van der Waals surface area contributed by atoms with Crippen molar-refractivity contribution in [3.63, 3.8) is 0 Å². The minimum absolute atomic E-state index is 0.424. The van der Waals surface area contributed by atoms with Crippen molar-refractivity contribution in [3.05, 3.63) is 29.3 Å². The molecular weight excluding hydrogens is 244 g/mol. The maximum Gasteiger partial charge on any atom is 0.277 e. The molecule has 0 aliphatic carbocycles. The molecule has 1 aromatic heterocycles. The molecule has 5 heteroatoms. The minimum atomic E-state index is 0.424. The highest BCUT2D eigenvalue weighted by atomic mass is 35.5. The second kappa shape index (κ2) is 4.89. The SMILES string of the molecule is CC(C)Sc1nnc(-c2cccc(Cl)c2)o1. The number of nitrogens with zero attached hydrogens (tertiary/aromatic N) is 2. The monoisotopic (exact) mass is 254 g/mol. The van der Waals surface area contributed by atoms with E-state index in [2.05, 4.69) is 24.0 Å². The third-order valence-corrected chi connectivity index (χ3v) is 2.89. The van der Waals surface area contributed by atoms with E-state index in [-0.39, 0.29) is 0 Å². The standard InChI is InChI=1S/C11H11ClN2OS/c1-7(2)16-11-14-13-10(15-11)8-4-3-5-9(12)6-8/h3-7H,1-2H3. The van der Waals surface area contributed by atoms with Gasteiger partial charge in [0.25, 0.3) is 5.22 Å². The predicted molar refractivity (Wildman–Crippen MR) is 65.7 cm³/mol. The zero-order valence-corrected chi connectivity index (χ0v) is 10.5. The molecule has 2 rings (SSSR count). The Hall–Kier alpha value is -1.00. The smallest absolute Gasteiger partial charge is 0.277 e. The molecule has 0 spiro atoms. The van der Waals surface area contributed by atoms with Crippen LogP contribution in [0.2, 0.25) is 5.02 Å². The van der Waals surface area contributed by atoms with Gasteiger partial charge in [-0.25, -0.2) is 0 Å². The van der Waals surface area contributed by atoms with Gasteiger partial charge in [0.2, 0.25) is 5.89 Å². The van der Waals surface area contributed by atoms with Crippen molar-refractivity contribution in [2.24, 2.45) is 0 Å². The topological polar surface area (TPSA) is 38.9 Å². The van der Waals surface area contributed by atoms with Crippen LogP contribution in [0.1, 0.15) is 13.8 Å². The Morgan fingerprint density at radius 3 is 2.81 bits per heavy atom. The van der Waals surface area contributed by atoms with E-state index in [4.69, 9.17) is 16.0 Å². The average molecular weight is 255 g/mol. The zero-order valence-electron chi connectivity index (χ0n) is 8.98. The Labute approximate surface area is 103 Å². The second-order valence-electron chi connectivity index (χ2n) is 3.55. The Kier molecular flexibility index (Phi) is 3.51. The van der Waals surface area contributed by atoms with Crippen molar-refractivity contribution >= 4 is 23.4 Å². The van der Waals surface area contributed by atoms with Crippen LogP contribution in [0.4, 0.5) is 0 Å². The van der Waals surface area contributed by atoms with E-state index in [0.29, 0.717) is 21.4 Å². The lowest BCUT2D eigenvalue weighted by molar-refractivity contribution is 0.465. The van der Waals surface area contributed by atoms with Gasteiger partial charge in [0.1, 0.15) is 0 Å². The van der Waals surface area contributed by atoms with Crippen LogP contribution in [0.5, 0.6) is 0 Å². The van der Waals surface area contributed by atoms with Crippen LogP contribution in [0.15, 0.2) is 33.9 Å². The molecule has 3 nitrogen and oxygen atoms in total. The first-order valence-corrected chi connectivity index (χ1v) is 6.17. The third-order valence-electron chi connectivity index (χ3n) is 1.81. The van der Waals surface area contributed by atoms with Gasteiger partial charge in [0.05, 0.1) is 0 Å². The number of hydrogen-bond acceptors (Lipinski definition) is 4. The van der Waals surface area contributed by atoms with Gasteiger partial charge < -0.3 is 4.42 Å². The Bertz CT molecular complexity index is 484. The Morgan fingerprint density at radius 1 is 1.31 bits per heavy atom. The number of halogens is 1. The molecular formula is C11H11ClN2OS. The summed E-state index contributed by atoms with van der Waals surface area (Å²) in [6.45, 7) is 4.15. The lowest BCUT2D eigenvalue weighted by Gasteiger charge is -1.97. The fourth-order valence-electron chi connectivity index (χ4n) is 1.20. The van der Waals surface area contributed by atoms with Gasteiger partial charge in [-0.3, -0.25) is 0 Å². The molecule has 0 saturated carbocycles. The maximum atomic E-state index is 5.89. The molecule has 1 heterocycles. The molecule has 0 N–H and O–H groups in total. The van der Waals surface area contributed by atoms with Gasteiger partial charge in [0.15, 0.2) is 0 Å². The van der Waals surface area contributed by atoms with Gasteiger partial charge in [-0.15, -0.1) is 10.2 Å².